The van der Waals surface area contributed by atoms with Crippen LogP contribution in [0.4, 0.5) is 0 Å². The third-order valence-electron chi connectivity index (χ3n) is 10.5. The van der Waals surface area contributed by atoms with Gasteiger partial charge in [0.25, 0.3) is 0 Å². The third kappa shape index (κ3) is 50.9. The molecule has 1 unspecified atom stereocenters. The second-order valence-corrected chi connectivity index (χ2v) is 16.7. The molecule has 0 heterocycles. The Bertz CT molecular complexity index is 1320. The number of esters is 2. The van der Waals surface area contributed by atoms with Crippen molar-refractivity contribution in [1.82, 2.24) is 0 Å². The lowest BCUT2D eigenvalue weighted by atomic mass is 10.1. The lowest BCUT2D eigenvalue weighted by molar-refractivity contribution is -0.163. The second kappa shape index (κ2) is 53.6. The molecule has 0 saturated carbocycles. The van der Waals surface area contributed by atoms with Crippen LogP contribution in [0.3, 0.4) is 0 Å². The summed E-state index contributed by atoms with van der Waals surface area (Å²) in [6, 6.07) is 0. The normalized spacial score (nSPS) is 13.2. The zero-order valence-electron chi connectivity index (χ0n) is 41.5. The van der Waals surface area contributed by atoms with Crippen LogP contribution < -0.4 is 0 Å². The topological polar surface area (TPSA) is 61.8 Å². The van der Waals surface area contributed by atoms with Crippen molar-refractivity contribution in [2.24, 2.45) is 0 Å². The van der Waals surface area contributed by atoms with Crippen LogP contribution >= 0.6 is 0 Å². The summed E-state index contributed by atoms with van der Waals surface area (Å²) in [5.74, 6) is -0.502. The second-order valence-electron chi connectivity index (χ2n) is 16.7. The number of carbonyl (C=O) groups is 2. The molecule has 0 N–H and O–H groups in total. The molecule has 362 valence electrons. The zero-order chi connectivity index (χ0) is 46.3. The highest BCUT2D eigenvalue weighted by Gasteiger charge is 2.17. The minimum atomic E-state index is -0.583. The minimum Gasteiger partial charge on any atom is -0.462 e. The van der Waals surface area contributed by atoms with E-state index in [1.165, 1.54) is 64.2 Å². The van der Waals surface area contributed by atoms with Crippen molar-refractivity contribution in [1.29, 1.82) is 0 Å². The van der Waals surface area contributed by atoms with Gasteiger partial charge in [0.05, 0.1) is 6.61 Å². The molecule has 0 aromatic rings. The summed E-state index contributed by atoms with van der Waals surface area (Å²) in [6.07, 6.45) is 75.0. The van der Waals surface area contributed by atoms with Gasteiger partial charge in [-0.25, -0.2) is 0 Å². The van der Waals surface area contributed by atoms with Crippen LogP contribution in [-0.4, -0.2) is 37.9 Å². The molecule has 0 aliphatic rings. The van der Waals surface area contributed by atoms with E-state index in [-0.39, 0.29) is 25.2 Å². The van der Waals surface area contributed by atoms with Crippen molar-refractivity contribution in [3.63, 3.8) is 0 Å². The van der Waals surface area contributed by atoms with E-state index >= 15 is 0 Å². The van der Waals surface area contributed by atoms with Crippen molar-refractivity contribution < 1.29 is 23.8 Å². The predicted octanol–water partition coefficient (Wildman–Crippen LogP) is 17.8. The molecule has 0 spiro atoms. The Balaban J connectivity index is 4.45. The minimum absolute atomic E-state index is 0.0360. The number of hydrogen-bond acceptors (Lipinski definition) is 5. The first-order chi connectivity index (χ1) is 31.6. The first kappa shape index (κ1) is 60.3. The maximum atomic E-state index is 12.8. The van der Waals surface area contributed by atoms with Gasteiger partial charge < -0.3 is 14.2 Å². The fourth-order valence-electron chi connectivity index (χ4n) is 6.65. The number of unbranched alkanes of at least 4 members (excludes halogenated alkanes) is 15. The zero-order valence-corrected chi connectivity index (χ0v) is 41.5. The monoisotopic (exact) mass is 885 g/mol. The molecule has 0 aromatic carbocycles. The molecule has 5 heteroatoms. The molecule has 64 heavy (non-hydrogen) atoms. The largest absolute Gasteiger partial charge is 0.462 e. The first-order valence-electron chi connectivity index (χ1n) is 26.1. The van der Waals surface area contributed by atoms with Crippen molar-refractivity contribution in [3.8, 4) is 0 Å². The van der Waals surface area contributed by atoms with Gasteiger partial charge >= 0.3 is 11.9 Å². The highest BCUT2D eigenvalue weighted by atomic mass is 16.6. The SMILES string of the molecule is CC/C=C\C/C=C\C/C=C\C/C=C\C/C=C\CCCC(=O)OCC(COCCCCCCCC/C=C\CCCCCC)OC(=O)CCCCCC/C=C\C/C=C\C/C=C\C/C=C\CC. The van der Waals surface area contributed by atoms with Crippen LogP contribution in [0.1, 0.15) is 213 Å². The Kier molecular flexibility index (Phi) is 50.5. The maximum absolute atomic E-state index is 12.8. The molecule has 0 fully saturated rings. The summed E-state index contributed by atoms with van der Waals surface area (Å²) in [6.45, 7) is 7.47. The van der Waals surface area contributed by atoms with Gasteiger partial charge in [-0.1, -0.05) is 200 Å². The van der Waals surface area contributed by atoms with E-state index in [1.807, 2.05) is 0 Å². The van der Waals surface area contributed by atoms with Gasteiger partial charge in [0, 0.05) is 19.4 Å². The average molecular weight is 885 g/mol. The van der Waals surface area contributed by atoms with E-state index in [2.05, 4.69) is 142 Å². The fraction of sp³-hybridized carbons (Fsp3) is 0.627. The summed E-state index contributed by atoms with van der Waals surface area (Å²) in [5.41, 5.74) is 0. The molecule has 5 nitrogen and oxygen atoms in total. The quantitative estimate of drug-likeness (QED) is 0.0346. The standard InChI is InChI=1S/C59H96O5/c1-4-7-10-13-16-19-22-25-28-30-32-34-37-40-43-46-49-52-58(60)63-56-57(55-62-54-51-48-45-42-39-36-27-24-21-18-15-12-9-6-3)64-59(61)53-50-47-44-41-38-35-33-31-29-26-23-20-17-14-11-8-5-2/h7-8,10-11,16-17,19-21,24-26,28-29,32-35,40,43,57H,4-6,9,12-15,18,22-23,27,30-31,36-39,41-42,44-56H2,1-3H3/b10-7-,11-8-,19-16-,20-17-,24-21-,28-25-,29-26-,34-32-,35-33-,43-40-. The lowest BCUT2D eigenvalue weighted by Crippen LogP contribution is -2.30. The molecule has 0 aromatic heterocycles. The summed E-state index contributed by atoms with van der Waals surface area (Å²) >= 11 is 0. The van der Waals surface area contributed by atoms with E-state index in [1.54, 1.807) is 0 Å². The van der Waals surface area contributed by atoms with E-state index < -0.39 is 6.10 Å². The van der Waals surface area contributed by atoms with Crippen LogP contribution in [0, 0.1) is 0 Å². The maximum Gasteiger partial charge on any atom is 0.306 e. The van der Waals surface area contributed by atoms with Crippen LogP contribution in [0.25, 0.3) is 0 Å². The van der Waals surface area contributed by atoms with Crippen molar-refractivity contribution in [2.75, 3.05) is 19.8 Å². The molecule has 0 radical (unpaired) electrons. The van der Waals surface area contributed by atoms with E-state index in [0.29, 0.717) is 19.4 Å². The van der Waals surface area contributed by atoms with Gasteiger partial charge in [0.1, 0.15) is 6.61 Å². The molecule has 0 aliphatic carbocycles. The molecular formula is C59H96O5. The van der Waals surface area contributed by atoms with Crippen LogP contribution in [0.15, 0.2) is 122 Å². The van der Waals surface area contributed by atoms with Gasteiger partial charge in [-0.3, -0.25) is 9.59 Å². The van der Waals surface area contributed by atoms with Gasteiger partial charge in [-0.15, -0.1) is 0 Å². The number of hydrogen-bond donors (Lipinski definition) is 0. The van der Waals surface area contributed by atoms with E-state index in [0.717, 1.165) is 116 Å². The van der Waals surface area contributed by atoms with Crippen molar-refractivity contribution in [3.05, 3.63) is 122 Å². The molecule has 0 bridgehead atoms. The van der Waals surface area contributed by atoms with Crippen molar-refractivity contribution >= 4 is 11.9 Å². The Morgan fingerprint density at radius 3 is 1.19 bits per heavy atom. The third-order valence-corrected chi connectivity index (χ3v) is 10.5. The molecule has 0 rings (SSSR count). The average Bonchev–Trinajstić information content (AvgIpc) is 3.30. The Morgan fingerprint density at radius 1 is 0.359 bits per heavy atom. The fourth-order valence-corrected chi connectivity index (χ4v) is 6.65. The lowest BCUT2D eigenvalue weighted by Gasteiger charge is -2.18. The molecule has 0 saturated heterocycles. The van der Waals surface area contributed by atoms with Crippen LogP contribution in [0.5, 0.6) is 0 Å². The molecule has 1 atom stereocenters. The predicted molar refractivity (Wildman–Crippen MR) is 279 cm³/mol. The summed E-state index contributed by atoms with van der Waals surface area (Å²) in [7, 11) is 0. The highest BCUT2D eigenvalue weighted by Crippen LogP contribution is 2.12. The summed E-state index contributed by atoms with van der Waals surface area (Å²) in [4.78, 5) is 25.4. The van der Waals surface area contributed by atoms with Crippen LogP contribution in [-0.2, 0) is 23.8 Å². The Morgan fingerprint density at radius 2 is 0.719 bits per heavy atom. The molecule has 0 aliphatic heterocycles. The summed E-state index contributed by atoms with van der Waals surface area (Å²) in [5, 5.41) is 0. The highest BCUT2D eigenvalue weighted by molar-refractivity contribution is 5.70. The summed E-state index contributed by atoms with van der Waals surface area (Å²) < 4.78 is 17.3. The molecular weight excluding hydrogens is 789 g/mol. The number of allylic oxidation sites excluding steroid dienone is 20. The van der Waals surface area contributed by atoms with Crippen molar-refractivity contribution in [2.45, 2.75) is 219 Å². The van der Waals surface area contributed by atoms with Gasteiger partial charge in [0.15, 0.2) is 6.10 Å². The molecule has 0 amide bonds. The Labute approximate surface area is 395 Å². The van der Waals surface area contributed by atoms with Crippen LogP contribution in [0.2, 0.25) is 0 Å². The van der Waals surface area contributed by atoms with Gasteiger partial charge in [-0.2, -0.15) is 0 Å². The van der Waals surface area contributed by atoms with E-state index in [9.17, 15) is 9.59 Å². The number of ether oxygens (including phenoxy) is 3. The Hall–Kier alpha value is -3.70. The number of carbonyl (C=O) groups excluding carboxylic acids is 2. The van der Waals surface area contributed by atoms with E-state index in [4.69, 9.17) is 14.2 Å². The number of rotatable bonds is 46. The first-order valence-corrected chi connectivity index (χ1v) is 26.1. The van der Waals surface area contributed by atoms with Gasteiger partial charge in [0.2, 0.25) is 0 Å². The smallest absolute Gasteiger partial charge is 0.306 e. The van der Waals surface area contributed by atoms with Gasteiger partial charge in [-0.05, 0) is 122 Å².